The summed E-state index contributed by atoms with van der Waals surface area (Å²) in [5.41, 5.74) is 6.01. The predicted octanol–water partition coefficient (Wildman–Crippen LogP) is 1.55. The normalized spacial score (nSPS) is 18.4. The van der Waals surface area contributed by atoms with Crippen molar-refractivity contribution in [1.29, 1.82) is 0 Å². The molecule has 0 spiro atoms. The summed E-state index contributed by atoms with van der Waals surface area (Å²) in [5.74, 6) is 0. The highest BCUT2D eigenvalue weighted by molar-refractivity contribution is 7.91. The van der Waals surface area contributed by atoms with E-state index in [-0.39, 0.29) is 6.04 Å². The molecule has 1 fully saturated rings. The van der Waals surface area contributed by atoms with Gasteiger partial charge in [-0.25, -0.2) is 13.1 Å². The first-order chi connectivity index (χ1) is 7.08. The highest BCUT2D eigenvalue weighted by atomic mass is 32.2. The first-order valence-corrected chi connectivity index (χ1v) is 7.30. The molecule has 0 unspecified atom stereocenters. The van der Waals surface area contributed by atoms with Crippen LogP contribution in [0.4, 0.5) is 5.69 Å². The summed E-state index contributed by atoms with van der Waals surface area (Å²) in [7, 11) is -3.33. The van der Waals surface area contributed by atoms with Crippen LogP contribution < -0.4 is 10.5 Å². The molecule has 1 aromatic rings. The van der Waals surface area contributed by atoms with Crippen LogP contribution in [0, 0.1) is 0 Å². The number of hydrogen-bond acceptors (Lipinski definition) is 4. The minimum absolute atomic E-state index is 0.110. The molecule has 0 radical (unpaired) electrons. The van der Waals surface area contributed by atoms with E-state index in [9.17, 15) is 8.42 Å². The minimum atomic E-state index is -3.33. The molecule has 0 bridgehead atoms. The van der Waals surface area contributed by atoms with E-state index in [0.717, 1.165) is 37.0 Å². The van der Waals surface area contributed by atoms with Crippen LogP contribution in [0.5, 0.6) is 0 Å². The molecule has 0 aliphatic heterocycles. The van der Waals surface area contributed by atoms with Crippen LogP contribution in [0.15, 0.2) is 15.7 Å². The fraction of sp³-hybridized carbons (Fsp3) is 0.556. The van der Waals surface area contributed by atoms with Crippen molar-refractivity contribution in [3.05, 3.63) is 11.4 Å². The molecule has 0 amide bonds. The highest BCUT2D eigenvalue weighted by Gasteiger charge is 2.23. The zero-order valence-electron chi connectivity index (χ0n) is 8.27. The van der Waals surface area contributed by atoms with E-state index >= 15 is 0 Å². The SMILES string of the molecule is Nc1csc(S(=O)(=O)NC2CCCC2)c1. The Balaban J connectivity index is 2.12. The van der Waals surface area contributed by atoms with Gasteiger partial charge in [0, 0.05) is 17.1 Å². The van der Waals surface area contributed by atoms with E-state index in [1.165, 1.54) is 6.07 Å². The molecule has 1 saturated carbocycles. The van der Waals surface area contributed by atoms with E-state index < -0.39 is 10.0 Å². The summed E-state index contributed by atoms with van der Waals surface area (Å²) in [6.07, 6.45) is 4.11. The molecule has 0 atom stereocenters. The van der Waals surface area contributed by atoms with Crippen molar-refractivity contribution in [2.75, 3.05) is 5.73 Å². The van der Waals surface area contributed by atoms with Crippen molar-refractivity contribution in [3.8, 4) is 0 Å². The lowest BCUT2D eigenvalue weighted by atomic mass is 10.3. The van der Waals surface area contributed by atoms with Crippen LogP contribution in [0.2, 0.25) is 0 Å². The topological polar surface area (TPSA) is 72.2 Å². The van der Waals surface area contributed by atoms with Gasteiger partial charge in [0.2, 0.25) is 10.0 Å². The zero-order valence-corrected chi connectivity index (χ0v) is 9.90. The molecule has 3 N–H and O–H groups in total. The maximum absolute atomic E-state index is 11.8. The number of anilines is 1. The smallest absolute Gasteiger partial charge is 0.250 e. The molecule has 4 nitrogen and oxygen atoms in total. The number of sulfonamides is 1. The average Bonchev–Trinajstić information content (AvgIpc) is 2.75. The second-order valence-corrected chi connectivity index (χ2v) is 6.65. The molecule has 0 aromatic carbocycles. The summed E-state index contributed by atoms with van der Waals surface area (Å²) in [6, 6.07) is 1.61. The molecular weight excluding hydrogens is 232 g/mol. The average molecular weight is 246 g/mol. The van der Waals surface area contributed by atoms with Crippen molar-refractivity contribution in [2.45, 2.75) is 35.9 Å². The van der Waals surface area contributed by atoms with Crippen molar-refractivity contribution < 1.29 is 8.42 Å². The summed E-state index contributed by atoms with van der Waals surface area (Å²) in [4.78, 5) is 0. The molecule has 0 saturated heterocycles. The largest absolute Gasteiger partial charge is 0.398 e. The molecule has 84 valence electrons. The van der Waals surface area contributed by atoms with Crippen LogP contribution in [0.3, 0.4) is 0 Å². The predicted molar refractivity (Wildman–Crippen MR) is 61.3 cm³/mol. The van der Waals surface area contributed by atoms with Gasteiger partial charge >= 0.3 is 0 Å². The fourth-order valence-electron chi connectivity index (χ4n) is 1.79. The van der Waals surface area contributed by atoms with Gasteiger partial charge in [-0.15, -0.1) is 11.3 Å². The Morgan fingerprint density at radius 1 is 1.40 bits per heavy atom. The number of hydrogen-bond donors (Lipinski definition) is 2. The molecule has 6 heteroatoms. The first kappa shape index (κ1) is 10.9. The van der Waals surface area contributed by atoms with Gasteiger partial charge in [0.05, 0.1) is 0 Å². The van der Waals surface area contributed by atoms with Crippen molar-refractivity contribution in [3.63, 3.8) is 0 Å². The van der Waals surface area contributed by atoms with E-state index in [1.54, 1.807) is 5.38 Å². The van der Waals surface area contributed by atoms with Gasteiger partial charge in [-0.2, -0.15) is 0 Å². The van der Waals surface area contributed by atoms with E-state index in [4.69, 9.17) is 5.73 Å². The highest BCUT2D eigenvalue weighted by Crippen LogP contribution is 2.24. The van der Waals surface area contributed by atoms with Gasteiger partial charge in [-0.1, -0.05) is 12.8 Å². The van der Waals surface area contributed by atoms with Crippen LogP contribution in [-0.2, 0) is 10.0 Å². The lowest BCUT2D eigenvalue weighted by molar-refractivity contribution is 0.554. The number of nitrogens with two attached hydrogens (primary N) is 1. The molecular formula is C9H14N2O2S2. The fourth-order valence-corrected chi connectivity index (χ4v) is 4.19. The van der Waals surface area contributed by atoms with Crippen LogP contribution >= 0.6 is 11.3 Å². The van der Waals surface area contributed by atoms with Crippen LogP contribution in [-0.4, -0.2) is 14.5 Å². The molecule has 1 aliphatic carbocycles. The third kappa shape index (κ3) is 2.50. The van der Waals surface area contributed by atoms with Gasteiger partial charge in [-0.05, 0) is 18.9 Å². The van der Waals surface area contributed by atoms with Crippen LogP contribution in [0.25, 0.3) is 0 Å². The van der Waals surface area contributed by atoms with Gasteiger partial charge in [0.15, 0.2) is 0 Å². The lowest BCUT2D eigenvalue weighted by Crippen LogP contribution is -2.32. The Kier molecular flexibility index (Phi) is 2.99. The number of thiophene rings is 1. The molecule has 1 aliphatic rings. The number of rotatable bonds is 3. The van der Waals surface area contributed by atoms with Crippen molar-refractivity contribution >= 4 is 27.0 Å². The van der Waals surface area contributed by atoms with Crippen molar-refractivity contribution in [1.82, 2.24) is 4.72 Å². The Bertz CT molecular complexity index is 433. The summed E-state index contributed by atoms with van der Waals surface area (Å²) < 4.78 is 26.7. The van der Waals surface area contributed by atoms with Gasteiger partial charge < -0.3 is 5.73 Å². The first-order valence-electron chi connectivity index (χ1n) is 4.94. The number of nitrogens with one attached hydrogen (secondary N) is 1. The molecule has 1 aromatic heterocycles. The monoisotopic (exact) mass is 246 g/mol. The molecule has 2 rings (SSSR count). The van der Waals surface area contributed by atoms with Crippen molar-refractivity contribution in [2.24, 2.45) is 0 Å². The third-order valence-corrected chi connectivity index (χ3v) is 5.52. The minimum Gasteiger partial charge on any atom is -0.398 e. The van der Waals surface area contributed by atoms with E-state index in [2.05, 4.69) is 4.72 Å². The third-order valence-electron chi connectivity index (χ3n) is 2.54. The standard InChI is InChI=1S/C9H14N2O2S2/c10-7-5-9(14-6-7)15(12,13)11-8-3-1-2-4-8/h5-6,8,11H,1-4,10H2. The Morgan fingerprint density at radius 3 is 2.60 bits per heavy atom. The summed E-state index contributed by atoms with van der Waals surface area (Å²) in [5, 5.41) is 1.64. The summed E-state index contributed by atoms with van der Waals surface area (Å²) >= 11 is 1.16. The van der Waals surface area contributed by atoms with E-state index in [1.807, 2.05) is 0 Å². The van der Waals surface area contributed by atoms with Gasteiger partial charge in [0.25, 0.3) is 0 Å². The van der Waals surface area contributed by atoms with Crippen LogP contribution in [0.1, 0.15) is 25.7 Å². The quantitative estimate of drug-likeness (QED) is 0.850. The maximum Gasteiger partial charge on any atom is 0.250 e. The maximum atomic E-state index is 11.8. The van der Waals surface area contributed by atoms with Gasteiger partial charge in [0.1, 0.15) is 4.21 Å². The molecule has 15 heavy (non-hydrogen) atoms. The summed E-state index contributed by atoms with van der Waals surface area (Å²) in [6.45, 7) is 0. The second-order valence-electron chi connectivity index (χ2n) is 3.80. The number of nitrogen functional groups attached to an aromatic ring is 1. The lowest BCUT2D eigenvalue weighted by Gasteiger charge is -2.10. The van der Waals surface area contributed by atoms with Gasteiger partial charge in [-0.3, -0.25) is 0 Å². The Hall–Kier alpha value is -0.590. The zero-order chi connectivity index (χ0) is 10.9. The second kappa shape index (κ2) is 4.11. The Labute approximate surface area is 93.5 Å². The molecule has 1 heterocycles. The Morgan fingerprint density at radius 2 is 2.07 bits per heavy atom. The van der Waals surface area contributed by atoms with E-state index in [0.29, 0.717) is 9.90 Å².